The highest BCUT2D eigenvalue weighted by atomic mass is 19.1. The predicted octanol–water partition coefficient (Wildman–Crippen LogP) is 2.37. The number of hydrogen-bond donors (Lipinski definition) is 1. The molecule has 0 fully saturated rings. The summed E-state index contributed by atoms with van der Waals surface area (Å²) in [7, 11) is 1.76. The van der Waals surface area contributed by atoms with Gasteiger partial charge in [0.25, 0.3) is 0 Å². The quantitative estimate of drug-likeness (QED) is 0.842. The van der Waals surface area contributed by atoms with Crippen LogP contribution in [0.25, 0.3) is 11.3 Å². The number of nitrogens with two attached hydrogens (primary N) is 1. The maximum absolute atomic E-state index is 13.6. The average Bonchev–Trinajstić information content (AvgIpc) is 2.56. The number of aromatic nitrogens is 2. The van der Waals surface area contributed by atoms with Crippen LogP contribution in [0.15, 0.2) is 24.3 Å². The Balaban J connectivity index is 2.65. The van der Waals surface area contributed by atoms with E-state index in [-0.39, 0.29) is 5.82 Å². The first-order chi connectivity index (χ1) is 7.65. The molecule has 0 spiro atoms. The maximum Gasteiger partial charge on any atom is 0.132 e. The molecule has 1 aromatic carbocycles. The van der Waals surface area contributed by atoms with E-state index in [1.165, 1.54) is 6.07 Å². The average molecular weight is 219 g/mol. The van der Waals surface area contributed by atoms with Gasteiger partial charge in [0, 0.05) is 18.2 Å². The molecule has 0 amide bonds. The van der Waals surface area contributed by atoms with E-state index in [0.29, 0.717) is 17.1 Å². The Bertz CT molecular complexity index is 517. The third-order valence-corrected chi connectivity index (χ3v) is 2.68. The molecule has 3 nitrogen and oxygen atoms in total. The van der Waals surface area contributed by atoms with Crippen molar-refractivity contribution in [3.8, 4) is 11.3 Å². The third-order valence-electron chi connectivity index (χ3n) is 2.68. The van der Waals surface area contributed by atoms with Crippen LogP contribution in [0.1, 0.15) is 12.5 Å². The van der Waals surface area contributed by atoms with Gasteiger partial charge in [-0.2, -0.15) is 5.10 Å². The van der Waals surface area contributed by atoms with Crippen molar-refractivity contribution >= 4 is 5.82 Å². The lowest BCUT2D eigenvalue weighted by Crippen LogP contribution is -1.98. The van der Waals surface area contributed by atoms with E-state index in [0.717, 1.165) is 12.0 Å². The second-order valence-electron chi connectivity index (χ2n) is 3.67. The summed E-state index contributed by atoms with van der Waals surface area (Å²) in [6.45, 7) is 1.98. The molecule has 4 heteroatoms. The van der Waals surface area contributed by atoms with E-state index < -0.39 is 0 Å². The Morgan fingerprint density at radius 3 is 2.69 bits per heavy atom. The van der Waals surface area contributed by atoms with Crippen LogP contribution >= 0.6 is 0 Å². The van der Waals surface area contributed by atoms with Crippen LogP contribution in [0.3, 0.4) is 0 Å². The molecule has 0 saturated heterocycles. The van der Waals surface area contributed by atoms with Gasteiger partial charge in [0.15, 0.2) is 0 Å². The van der Waals surface area contributed by atoms with Crippen molar-refractivity contribution in [1.82, 2.24) is 9.78 Å². The summed E-state index contributed by atoms with van der Waals surface area (Å²) in [6.07, 6.45) is 0.739. The number of anilines is 1. The highest BCUT2D eigenvalue weighted by Gasteiger charge is 2.16. The summed E-state index contributed by atoms with van der Waals surface area (Å²) < 4.78 is 15.2. The second kappa shape index (κ2) is 3.96. The predicted molar refractivity (Wildman–Crippen MR) is 62.4 cm³/mol. The molecule has 16 heavy (non-hydrogen) atoms. The summed E-state index contributed by atoms with van der Waals surface area (Å²) in [5, 5.41) is 4.26. The lowest BCUT2D eigenvalue weighted by atomic mass is 10.1. The third kappa shape index (κ3) is 1.56. The van der Waals surface area contributed by atoms with Crippen LogP contribution < -0.4 is 5.73 Å². The molecule has 1 heterocycles. The van der Waals surface area contributed by atoms with Crippen LogP contribution in [-0.2, 0) is 13.5 Å². The van der Waals surface area contributed by atoms with E-state index in [9.17, 15) is 4.39 Å². The molecule has 2 N–H and O–H groups in total. The summed E-state index contributed by atoms with van der Waals surface area (Å²) in [5.41, 5.74) is 7.92. The normalized spacial score (nSPS) is 10.7. The van der Waals surface area contributed by atoms with Gasteiger partial charge in [-0.1, -0.05) is 19.1 Å². The van der Waals surface area contributed by atoms with Crippen LogP contribution in [0, 0.1) is 5.82 Å². The van der Waals surface area contributed by atoms with Crippen molar-refractivity contribution in [3.05, 3.63) is 35.6 Å². The van der Waals surface area contributed by atoms with Gasteiger partial charge in [-0.25, -0.2) is 4.39 Å². The first kappa shape index (κ1) is 10.7. The number of halogens is 1. The van der Waals surface area contributed by atoms with E-state index >= 15 is 0 Å². The molecule has 1 aromatic heterocycles. The minimum Gasteiger partial charge on any atom is -0.384 e. The van der Waals surface area contributed by atoms with Crippen LogP contribution in [0.4, 0.5) is 10.2 Å². The Kier molecular flexibility index (Phi) is 2.64. The van der Waals surface area contributed by atoms with E-state index in [1.54, 1.807) is 29.9 Å². The van der Waals surface area contributed by atoms with Crippen LogP contribution in [-0.4, -0.2) is 9.78 Å². The SMILES string of the molecule is CCc1c(-c2ccccc2F)nn(C)c1N. The fraction of sp³-hybridized carbons (Fsp3) is 0.250. The standard InChI is InChI=1S/C12H14FN3/c1-3-8-11(15-16(2)12(8)14)9-6-4-5-7-10(9)13/h4-7H,3,14H2,1-2H3. The highest BCUT2D eigenvalue weighted by molar-refractivity contribution is 5.68. The highest BCUT2D eigenvalue weighted by Crippen LogP contribution is 2.28. The molecule has 0 bridgehead atoms. The topological polar surface area (TPSA) is 43.8 Å². The molecule has 0 aliphatic heterocycles. The zero-order chi connectivity index (χ0) is 11.7. The number of hydrogen-bond acceptors (Lipinski definition) is 2. The zero-order valence-electron chi connectivity index (χ0n) is 9.37. The summed E-state index contributed by atoms with van der Waals surface area (Å²) in [6, 6.07) is 6.61. The minimum atomic E-state index is -0.268. The Morgan fingerprint density at radius 2 is 2.06 bits per heavy atom. The number of nitrogens with zero attached hydrogens (tertiary/aromatic N) is 2. The molecule has 0 aliphatic carbocycles. The van der Waals surface area contributed by atoms with Crippen molar-refractivity contribution in [2.75, 3.05) is 5.73 Å². The lowest BCUT2D eigenvalue weighted by Gasteiger charge is -2.01. The molecule has 2 aromatic rings. The summed E-state index contributed by atoms with van der Waals surface area (Å²) in [5.74, 6) is 0.330. The van der Waals surface area contributed by atoms with E-state index in [4.69, 9.17) is 5.73 Å². The van der Waals surface area contributed by atoms with Crippen molar-refractivity contribution < 1.29 is 4.39 Å². The number of rotatable bonds is 2. The van der Waals surface area contributed by atoms with Crippen molar-refractivity contribution in [1.29, 1.82) is 0 Å². The molecule has 0 saturated carbocycles. The van der Waals surface area contributed by atoms with E-state index in [1.807, 2.05) is 6.92 Å². The molecule has 0 unspecified atom stereocenters. The first-order valence-corrected chi connectivity index (χ1v) is 5.21. The Hall–Kier alpha value is -1.84. The van der Waals surface area contributed by atoms with Crippen molar-refractivity contribution in [2.24, 2.45) is 7.05 Å². The van der Waals surface area contributed by atoms with Gasteiger partial charge < -0.3 is 5.73 Å². The minimum absolute atomic E-state index is 0.268. The van der Waals surface area contributed by atoms with Gasteiger partial charge in [0.05, 0.1) is 0 Å². The van der Waals surface area contributed by atoms with Crippen LogP contribution in [0.5, 0.6) is 0 Å². The van der Waals surface area contributed by atoms with Gasteiger partial charge in [-0.3, -0.25) is 4.68 Å². The second-order valence-corrected chi connectivity index (χ2v) is 3.67. The first-order valence-electron chi connectivity index (χ1n) is 5.21. The fourth-order valence-electron chi connectivity index (χ4n) is 1.80. The number of nitrogen functional groups attached to an aromatic ring is 1. The van der Waals surface area contributed by atoms with Gasteiger partial charge >= 0.3 is 0 Å². The molecule has 0 radical (unpaired) electrons. The zero-order valence-corrected chi connectivity index (χ0v) is 9.37. The van der Waals surface area contributed by atoms with E-state index in [2.05, 4.69) is 5.10 Å². The van der Waals surface area contributed by atoms with Gasteiger partial charge in [-0.05, 0) is 18.6 Å². The summed E-state index contributed by atoms with van der Waals surface area (Å²) in [4.78, 5) is 0. The largest absolute Gasteiger partial charge is 0.384 e. The molecule has 2 rings (SSSR count). The lowest BCUT2D eigenvalue weighted by molar-refractivity contribution is 0.630. The maximum atomic E-state index is 13.6. The van der Waals surface area contributed by atoms with Gasteiger partial charge in [-0.15, -0.1) is 0 Å². The Labute approximate surface area is 93.7 Å². The fourth-order valence-corrected chi connectivity index (χ4v) is 1.80. The van der Waals surface area contributed by atoms with Crippen molar-refractivity contribution in [3.63, 3.8) is 0 Å². The number of aryl methyl sites for hydroxylation is 1. The molecular weight excluding hydrogens is 205 g/mol. The molecule has 84 valence electrons. The van der Waals surface area contributed by atoms with Crippen LogP contribution in [0.2, 0.25) is 0 Å². The smallest absolute Gasteiger partial charge is 0.132 e. The molecular formula is C12H14FN3. The Morgan fingerprint density at radius 1 is 1.38 bits per heavy atom. The van der Waals surface area contributed by atoms with Gasteiger partial charge in [0.1, 0.15) is 17.3 Å². The van der Waals surface area contributed by atoms with Gasteiger partial charge in [0.2, 0.25) is 0 Å². The molecule has 0 aliphatic rings. The summed E-state index contributed by atoms with van der Waals surface area (Å²) >= 11 is 0. The monoisotopic (exact) mass is 219 g/mol. The van der Waals surface area contributed by atoms with Crippen molar-refractivity contribution in [2.45, 2.75) is 13.3 Å². The molecule has 0 atom stereocenters. The number of benzene rings is 1.